The van der Waals surface area contributed by atoms with Crippen molar-refractivity contribution < 1.29 is 22.4 Å². The number of hydrogen-bond acceptors (Lipinski definition) is 4. The summed E-state index contributed by atoms with van der Waals surface area (Å²) in [6.07, 6.45) is 1.10. The molecule has 0 spiro atoms. The highest BCUT2D eigenvalue weighted by molar-refractivity contribution is 7.92. The number of amides is 2. The molecule has 0 aliphatic heterocycles. The first-order chi connectivity index (χ1) is 18.7. The third-order valence-corrected chi connectivity index (χ3v) is 7.80. The molecule has 1 atom stereocenters. The van der Waals surface area contributed by atoms with Crippen LogP contribution in [-0.2, 0) is 32.6 Å². The zero-order chi connectivity index (χ0) is 29.7. The number of anilines is 1. The number of hydrogen-bond donors (Lipinski definition) is 1. The summed E-state index contributed by atoms with van der Waals surface area (Å²) in [6.45, 7) is 4.67. The van der Waals surface area contributed by atoms with Crippen LogP contribution in [0.25, 0.3) is 0 Å². The van der Waals surface area contributed by atoms with Gasteiger partial charge in [0.2, 0.25) is 21.8 Å². The lowest BCUT2D eigenvalue weighted by Gasteiger charge is -2.35. The Morgan fingerprint density at radius 2 is 1.50 bits per heavy atom. The topological polar surface area (TPSA) is 86.8 Å². The number of carbonyl (C=O) groups excluding carboxylic acids is 2. The molecule has 40 heavy (non-hydrogen) atoms. The van der Waals surface area contributed by atoms with Crippen molar-refractivity contribution in [2.24, 2.45) is 0 Å². The number of carbonyl (C=O) groups is 2. The Morgan fingerprint density at radius 3 is 2.02 bits per heavy atom. The summed E-state index contributed by atoms with van der Waals surface area (Å²) in [5, 5.41) is 3.52. The van der Waals surface area contributed by atoms with Crippen LogP contribution in [-0.4, -0.2) is 49.5 Å². The van der Waals surface area contributed by atoms with Gasteiger partial charge in [-0.1, -0.05) is 59.6 Å². The third kappa shape index (κ3) is 8.68. The molecule has 3 rings (SSSR count). The van der Waals surface area contributed by atoms with Gasteiger partial charge in [-0.2, -0.15) is 0 Å². The van der Waals surface area contributed by atoms with Crippen molar-refractivity contribution in [1.82, 2.24) is 10.2 Å². The minimum Gasteiger partial charge on any atom is -0.350 e. The zero-order valence-electron chi connectivity index (χ0n) is 22.7. The van der Waals surface area contributed by atoms with Crippen molar-refractivity contribution in [2.45, 2.75) is 45.3 Å². The first-order valence-corrected chi connectivity index (χ1v) is 15.1. The van der Waals surface area contributed by atoms with E-state index in [1.165, 1.54) is 17.0 Å². The van der Waals surface area contributed by atoms with E-state index >= 15 is 0 Å². The van der Waals surface area contributed by atoms with E-state index in [-0.39, 0.29) is 18.7 Å². The lowest BCUT2D eigenvalue weighted by Crippen LogP contribution is -2.56. The van der Waals surface area contributed by atoms with Crippen molar-refractivity contribution in [2.75, 3.05) is 17.1 Å². The summed E-state index contributed by atoms with van der Waals surface area (Å²) < 4.78 is 40.0. The molecular weight excluding hydrogens is 576 g/mol. The van der Waals surface area contributed by atoms with Gasteiger partial charge in [-0.25, -0.2) is 12.8 Å². The van der Waals surface area contributed by atoms with Gasteiger partial charge in [0.1, 0.15) is 18.4 Å². The van der Waals surface area contributed by atoms with Gasteiger partial charge < -0.3 is 10.2 Å². The van der Waals surface area contributed by atoms with Crippen molar-refractivity contribution in [1.29, 1.82) is 0 Å². The number of nitrogens with zero attached hydrogens (tertiary/aromatic N) is 2. The van der Waals surface area contributed by atoms with Crippen molar-refractivity contribution >= 4 is 50.7 Å². The molecule has 0 aliphatic rings. The number of rotatable bonds is 10. The molecule has 0 radical (unpaired) electrons. The number of sulfonamides is 1. The van der Waals surface area contributed by atoms with Crippen LogP contribution < -0.4 is 9.62 Å². The highest BCUT2D eigenvalue weighted by Gasteiger charge is 2.35. The minimum atomic E-state index is -3.97. The van der Waals surface area contributed by atoms with Crippen LogP contribution in [0.3, 0.4) is 0 Å². The Labute approximate surface area is 244 Å². The van der Waals surface area contributed by atoms with Gasteiger partial charge in [0.25, 0.3) is 0 Å². The van der Waals surface area contributed by atoms with Gasteiger partial charge in [-0.15, -0.1) is 0 Å². The number of benzene rings is 3. The number of nitrogens with one attached hydrogen (secondary N) is 1. The fourth-order valence-electron chi connectivity index (χ4n) is 4.08. The highest BCUT2D eigenvalue weighted by atomic mass is 35.5. The lowest BCUT2D eigenvalue weighted by atomic mass is 10.0. The maximum absolute atomic E-state index is 14.0. The van der Waals surface area contributed by atoms with E-state index in [4.69, 9.17) is 23.2 Å². The second-order valence-corrected chi connectivity index (χ2v) is 13.1. The van der Waals surface area contributed by atoms with Crippen LogP contribution >= 0.6 is 23.2 Å². The Bertz CT molecular complexity index is 1430. The molecule has 0 unspecified atom stereocenters. The van der Waals surface area contributed by atoms with E-state index < -0.39 is 45.8 Å². The summed E-state index contributed by atoms with van der Waals surface area (Å²) in [5.74, 6) is -1.66. The molecule has 3 aromatic rings. The first-order valence-electron chi connectivity index (χ1n) is 12.5. The first kappa shape index (κ1) is 31.4. The third-order valence-electron chi connectivity index (χ3n) is 5.95. The van der Waals surface area contributed by atoms with Gasteiger partial charge in [-0.3, -0.25) is 13.9 Å². The average Bonchev–Trinajstić information content (AvgIpc) is 2.85. The summed E-state index contributed by atoms with van der Waals surface area (Å²) >= 11 is 12.9. The molecule has 1 N–H and O–H groups in total. The van der Waals surface area contributed by atoms with Crippen LogP contribution in [0.4, 0.5) is 10.1 Å². The van der Waals surface area contributed by atoms with Crippen LogP contribution in [0.5, 0.6) is 0 Å². The van der Waals surface area contributed by atoms with Gasteiger partial charge in [0.15, 0.2) is 0 Å². The molecule has 0 saturated heterocycles. The molecule has 214 valence electrons. The van der Waals surface area contributed by atoms with E-state index in [9.17, 15) is 22.4 Å². The minimum absolute atomic E-state index is 0.103. The monoisotopic (exact) mass is 607 g/mol. The fourth-order valence-corrected chi connectivity index (χ4v) is 5.45. The van der Waals surface area contributed by atoms with E-state index in [0.717, 1.165) is 28.3 Å². The molecule has 7 nitrogen and oxygen atoms in total. The highest BCUT2D eigenvalue weighted by Crippen LogP contribution is 2.28. The second-order valence-electron chi connectivity index (χ2n) is 10.4. The standard InChI is InChI=1S/C29H32Cl2FN3O4S/c1-29(2,3)33-28(37)26(17-20-9-6-5-7-10-20)34(18-23-24(30)11-8-12-25(23)31)27(36)19-35(40(4,38)39)22-15-13-21(32)14-16-22/h5-16,26H,17-19H2,1-4H3,(H,33,37)/t26-/m1/s1. The van der Waals surface area contributed by atoms with E-state index in [1.54, 1.807) is 18.2 Å². The summed E-state index contributed by atoms with van der Waals surface area (Å²) in [7, 11) is -3.97. The van der Waals surface area contributed by atoms with Gasteiger partial charge in [-0.05, 0) is 62.7 Å². The maximum atomic E-state index is 14.0. The van der Waals surface area contributed by atoms with Gasteiger partial charge in [0.05, 0.1) is 11.9 Å². The van der Waals surface area contributed by atoms with Gasteiger partial charge in [0, 0.05) is 34.1 Å². The van der Waals surface area contributed by atoms with Crippen molar-refractivity contribution in [3.63, 3.8) is 0 Å². The van der Waals surface area contributed by atoms with E-state index in [1.807, 2.05) is 51.1 Å². The summed E-state index contributed by atoms with van der Waals surface area (Å²) in [5.41, 5.74) is 0.689. The predicted octanol–water partition coefficient (Wildman–Crippen LogP) is 5.45. The SMILES string of the molecule is CC(C)(C)NC(=O)[C@@H](Cc1ccccc1)N(Cc1c(Cl)cccc1Cl)C(=O)CN(c1ccc(F)cc1)S(C)(=O)=O. The van der Waals surface area contributed by atoms with Crippen molar-refractivity contribution in [3.8, 4) is 0 Å². The molecule has 0 saturated carbocycles. The van der Waals surface area contributed by atoms with Crippen LogP contribution in [0, 0.1) is 5.82 Å². The number of halogens is 3. The second kappa shape index (κ2) is 13.0. The molecule has 2 amide bonds. The molecule has 11 heteroatoms. The Morgan fingerprint density at radius 1 is 0.925 bits per heavy atom. The van der Waals surface area contributed by atoms with Gasteiger partial charge >= 0.3 is 0 Å². The summed E-state index contributed by atoms with van der Waals surface area (Å²) in [4.78, 5) is 29.1. The maximum Gasteiger partial charge on any atom is 0.244 e. The van der Waals surface area contributed by atoms with E-state index in [2.05, 4.69) is 5.32 Å². The Hall–Kier alpha value is -3.14. The molecule has 0 aromatic heterocycles. The molecule has 0 heterocycles. The quantitative estimate of drug-likeness (QED) is 0.332. The smallest absolute Gasteiger partial charge is 0.244 e. The largest absolute Gasteiger partial charge is 0.350 e. The van der Waals surface area contributed by atoms with E-state index in [0.29, 0.717) is 15.6 Å². The average molecular weight is 609 g/mol. The molecular formula is C29H32Cl2FN3O4S. The van der Waals surface area contributed by atoms with Crippen LogP contribution in [0.2, 0.25) is 10.0 Å². The predicted molar refractivity (Wildman–Crippen MR) is 157 cm³/mol. The molecule has 0 bridgehead atoms. The normalized spacial score (nSPS) is 12.5. The zero-order valence-corrected chi connectivity index (χ0v) is 25.0. The Balaban J connectivity index is 2.11. The molecule has 0 aliphatic carbocycles. The Kier molecular flexibility index (Phi) is 10.2. The molecule has 0 fully saturated rings. The lowest BCUT2D eigenvalue weighted by molar-refractivity contribution is -0.140. The fraction of sp³-hybridized carbons (Fsp3) is 0.310. The van der Waals surface area contributed by atoms with Crippen LogP contribution in [0.1, 0.15) is 31.9 Å². The summed E-state index contributed by atoms with van der Waals surface area (Å²) in [6, 6.07) is 17.8. The van der Waals surface area contributed by atoms with Crippen molar-refractivity contribution in [3.05, 3.63) is 99.8 Å². The molecule has 3 aromatic carbocycles. The van der Waals surface area contributed by atoms with Crippen LogP contribution in [0.15, 0.2) is 72.8 Å².